The molecule has 0 aromatic heterocycles. The standard InChI is InChI=1S/C13H15ClO/c1-2-10(9-5-3-6-9)13-11(14)7-4-8-12(13)15/h4,7-8,15H,2-3,5-6H2,1H3. The van der Waals surface area contributed by atoms with Crippen LogP contribution in [0.4, 0.5) is 0 Å². The number of hydrogen-bond acceptors (Lipinski definition) is 1. The van der Waals surface area contributed by atoms with Crippen LogP contribution in [0.15, 0.2) is 23.8 Å². The van der Waals surface area contributed by atoms with E-state index >= 15 is 0 Å². The first kappa shape index (κ1) is 10.6. The summed E-state index contributed by atoms with van der Waals surface area (Å²) in [5, 5.41) is 10.5. The van der Waals surface area contributed by atoms with E-state index in [-0.39, 0.29) is 0 Å². The highest BCUT2D eigenvalue weighted by Crippen LogP contribution is 2.41. The van der Waals surface area contributed by atoms with Crippen LogP contribution in [0.5, 0.6) is 5.75 Å². The summed E-state index contributed by atoms with van der Waals surface area (Å²) in [5.74, 6) is 0.304. The average molecular weight is 223 g/mol. The summed E-state index contributed by atoms with van der Waals surface area (Å²) in [6, 6.07) is 5.32. The van der Waals surface area contributed by atoms with Crippen molar-refractivity contribution >= 4 is 17.2 Å². The lowest BCUT2D eigenvalue weighted by molar-refractivity contribution is 0.473. The van der Waals surface area contributed by atoms with Crippen molar-refractivity contribution in [2.75, 3.05) is 0 Å². The lowest BCUT2D eigenvalue weighted by Gasteiger charge is -2.23. The molecule has 0 bridgehead atoms. The van der Waals surface area contributed by atoms with Crippen LogP contribution < -0.4 is 0 Å². The van der Waals surface area contributed by atoms with Crippen LogP contribution in [-0.2, 0) is 0 Å². The summed E-state index contributed by atoms with van der Waals surface area (Å²) < 4.78 is 0. The average Bonchev–Trinajstić information content (AvgIpc) is 2.12. The summed E-state index contributed by atoms with van der Waals surface area (Å²) in [5.41, 5.74) is 3.54. The first-order valence-corrected chi connectivity index (χ1v) is 5.80. The topological polar surface area (TPSA) is 20.2 Å². The van der Waals surface area contributed by atoms with E-state index in [1.165, 1.54) is 17.6 Å². The molecule has 2 rings (SSSR count). The molecule has 2 heteroatoms. The van der Waals surface area contributed by atoms with Gasteiger partial charge in [-0.05, 0) is 43.4 Å². The molecule has 1 aliphatic carbocycles. The molecule has 1 N–H and O–H groups in total. The van der Waals surface area contributed by atoms with Crippen molar-refractivity contribution in [3.05, 3.63) is 34.4 Å². The van der Waals surface area contributed by atoms with Crippen LogP contribution in [0.25, 0.3) is 5.57 Å². The van der Waals surface area contributed by atoms with Crippen molar-refractivity contribution in [3.63, 3.8) is 0 Å². The van der Waals surface area contributed by atoms with E-state index < -0.39 is 0 Å². The zero-order valence-electron chi connectivity index (χ0n) is 8.89. The van der Waals surface area contributed by atoms with Crippen molar-refractivity contribution in [1.29, 1.82) is 0 Å². The normalized spacial score (nSPS) is 14.9. The lowest BCUT2D eigenvalue weighted by Crippen LogP contribution is -2.02. The summed E-state index contributed by atoms with van der Waals surface area (Å²) in [4.78, 5) is 0. The van der Waals surface area contributed by atoms with Gasteiger partial charge in [-0.15, -0.1) is 0 Å². The number of aromatic hydroxyl groups is 1. The van der Waals surface area contributed by atoms with Gasteiger partial charge in [-0.1, -0.05) is 30.2 Å². The Bertz CT molecular complexity index is 381. The molecule has 1 aliphatic rings. The van der Waals surface area contributed by atoms with Crippen molar-refractivity contribution in [2.45, 2.75) is 32.6 Å². The number of phenols is 1. The van der Waals surface area contributed by atoms with Crippen molar-refractivity contribution in [3.8, 4) is 5.75 Å². The van der Waals surface area contributed by atoms with Gasteiger partial charge in [0, 0.05) is 5.56 Å². The fourth-order valence-corrected chi connectivity index (χ4v) is 2.35. The van der Waals surface area contributed by atoms with E-state index in [1.807, 2.05) is 6.07 Å². The van der Waals surface area contributed by atoms with Crippen LogP contribution in [0, 0.1) is 0 Å². The van der Waals surface area contributed by atoms with E-state index in [0.717, 1.165) is 24.8 Å². The molecule has 0 heterocycles. The molecule has 1 fully saturated rings. The molecule has 1 aromatic rings. The van der Waals surface area contributed by atoms with Crippen LogP contribution >= 0.6 is 11.6 Å². The maximum atomic E-state index is 9.84. The van der Waals surface area contributed by atoms with E-state index in [0.29, 0.717) is 10.8 Å². The highest BCUT2D eigenvalue weighted by atomic mass is 35.5. The molecule has 1 aromatic carbocycles. The quantitative estimate of drug-likeness (QED) is 0.787. The number of phenolic OH excluding ortho intramolecular Hbond substituents is 1. The fourth-order valence-electron chi connectivity index (χ4n) is 2.07. The number of benzene rings is 1. The van der Waals surface area contributed by atoms with E-state index in [9.17, 15) is 5.11 Å². The van der Waals surface area contributed by atoms with Gasteiger partial charge < -0.3 is 5.11 Å². The monoisotopic (exact) mass is 222 g/mol. The van der Waals surface area contributed by atoms with Gasteiger partial charge in [0.05, 0.1) is 5.02 Å². The molecular formula is C13H15ClO. The zero-order valence-corrected chi connectivity index (χ0v) is 9.64. The Hall–Kier alpha value is -0.950. The van der Waals surface area contributed by atoms with Gasteiger partial charge in [0.15, 0.2) is 0 Å². The second kappa shape index (κ2) is 4.28. The van der Waals surface area contributed by atoms with Crippen molar-refractivity contribution in [1.82, 2.24) is 0 Å². The van der Waals surface area contributed by atoms with Gasteiger partial charge in [0.2, 0.25) is 0 Å². The summed E-state index contributed by atoms with van der Waals surface area (Å²) in [6.45, 7) is 2.11. The van der Waals surface area contributed by atoms with Gasteiger partial charge in [-0.3, -0.25) is 0 Å². The molecule has 0 saturated heterocycles. The molecule has 0 atom stereocenters. The second-order valence-corrected chi connectivity index (χ2v) is 4.33. The zero-order chi connectivity index (χ0) is 10.8. The Morgan fingerprint density at radius 1 is 1.40 bits per heavy atom. The second-order valence-electron chi connectivity index (χ2n) is 3.92. The first-order valence-electron chi connectivity index (χ1n) is 5.42. The van der Waals surface area contributed by atoms with Crippen LogP contribution in [-0.4, -0.2) is 5.11 Å². The van der Waals surface area contributed by atoms with Crippen LogP contribution in [0.1, 0.15) is 38.2 Å². The molecule has 1 nitrogen and oxygen atoms in total. The van der Waals surface area contributed by atoms with E-state index in [4.69, 9.17) is 11.6 Å². The number of allylic oxidation sites excluding steroid dienone is 2. The Balaban J connectivity index is 2.51. The van der Waals surface area contributed by atoms with Gasteiger partial charge >= 0.3 is 0 Å². The van der Waals surface area contributed by atoms with Gasteiger partial charge in [0.25, 0.3) is 0 Å². The SMILES string of the molecule is CCC(=C1CCC1)c1c(O)cccc1Cl. The lowest BCUT2D eigenvalue weighted by atomic mass is 9.84. The number of rotatable bonds is 2. The minimum Gasteiger partial charge on any atom is -0.507 e. The fraction of sp³-hybridized carbons (Fsp3) is 0.385. The molecule has 0 spiro atoms. The van der Waals surface area contributed by atoms with Crippen molar-refractivity contribution in [2.24, 2.45) is 0 Å². The number of hydrogen-bond donors (Lipinski definition) is 1. The minimum absolute atomic E-state index is 0.304. The number of halogens is 1. The smallest absolute Gasteiger partial charge is 0.124 e. The molecule has 0 unspecified atom stereocenters. The summed E-state index contributed by atoms with van der Waals surface area (Å²) >= 11 is 6.13. The minimum atomic E-state index is 0.304. The van der Waals surface area contributed by atoms with E-state index in [1.54, 1.807) is 12.1 Å². The van der Waals surface area contributed by atoms with Crippen molar-refractivity contribution < 1.29 is 5.11 Å². The Labute approximate surface area is 95.4 Å². The first-order chi connectivity index (χ1) is 7.24. The molecule has 80 valence electrons. The van der Waals surface area contributed by atoms with Gasteiger partial charge in [-0.25, -0.2) is 0 Å². The largest absolute Gasteiger partial charge is 0.507 e. The molecule has 0 aliphatic heterocycles. The molecule has 15 heavy (non-hydrogen) atoms. The molecule has 1 saturated carbocycles. The summed E-state index contributed by atoms with van der Waals surface area (Å²) in [7, 11) is 0. The molecule has 0 radical (unpaired) electrons. The summed E-state index contributed by atoms with van der Waals surface area (Å²) in [6.07, 6.45) is 4.53. The molecule has 0 amide bonds. The van der Waals surface area contributed by atoms with Gasteiger partial charge in [0.1, 0.15) is 5.75 Å². The Kier molecular flexibility index (Phi) is 3.01. The predicted molar refractivity (Wildman–Crippen MR) is 64.2 cm³/mol. The van der Waals surface area contributed by atoms with Gasteiger partial charge in [-0.2, -0.15) is 0 Å². The third-order valence-corrected chi connectivity index (χ3v) is 3.35. The third kappa shape index (κ3) is 1.89. The maximum Gasteiger partial charge on any atom is 0.124 e. The van der Waals surface area contributed by atoms with Crippen LogP contribution in [0.2, 0.25) is 5.02 Å². The highest BCUT2D eigenvalue weighted by molar-refractivity contribution is 6.32. The predicted octanol–water partition coefficient (Wildman–Crippen LogP) is 4.39. The third-order valence-electron chi connectivity index (χ3n) is 3.03. The maximum absolute atomic E-state index is 9.84. The Morgan fingerprint density at radius 3 is 2.60 bits per heavy atom. The van der Waals surface area contributed by atoms with E-state index in [2.05, 4.69) is 6.92 Å². The highest BCUT2D eigenvalue weighted by Gasteiger charge is 2.18. The molecular weight excluding hydrogens is 208 g/mol. The van der Waals surface area contributed by atoms with Crippen LogP contribution in [0.3, 0.4) is 0 Å². The Morgan fingerprint density at radius 2 is 2.13 bits per heavy atom.